The number of sulfonamides is 1. The molecule has 3 aromatic rings. The van der Waals surface area contributed by atoms with Crippen LogP contribution < -0.4 is 9.62 Å². The summed E-state index contributed by atoms with van der Waals surface area (Å²) in [5, 5.41) is 22.6. The Bertz CT molecular complexity index is 1380. The van der Waals surface area contributed by atoms with Crippen molar-refractivity contribution < 1.29 is 32.6 Å². The van der Waals surface area contributed by atoms with E-state index in [-0.39, 0.29) is 46.7 Å². The van der Waals surface area contributed by atoms with E-state index in [4.69, 9.17) is 0 Å². The van der Waals surface area contributed by atoms with Crippen LogP contribution in [0.2, 0.25) is 0 Å². The van der Waals surface area contributed by atoms with Crippen LogP contribution in [0.3, 0.4) is 0 Å². The number of nitrogens with zero attached hydrogens (tertiary/aromatic N) is 3. The van der Waals surface area contributed by atoms with Crippen LogP contribution in [-0.4, -0.2) is 52.8 Å². The minimum Gasteiger partial charge on any atom is -0.504 e. The standard InChI is InChI=1S/C21H19FN4O6S/c22-13-6-5-12(15(10-13)21(29)30)11-24-20(28)17-18(27)16-14(4-3-7-23-16)19(25-17)26-8-1-2-9-33(26,31)32/h3-7,10,27H,1-2,8-9,11H2,(H,24,28)(H,29,30). The van der Waals surface area contributed by atoms with Crippen LogP contribution >= 0.6 is 0 Å². The number of carbonyl (C=O) groups excluding carboxylic acids is 1. The van der Waals surface area contributed by atoms with Gasteiger partial charge in [0.1, 0.15) is 11.3 Å². The van der Waals surface area contributed by atoms with Crippen molar-refractivity contribution in [3.05, 3.63) is 59.2 Å². The average molecular weight is 474 g/mol. The number of halogens is 1. The van der Waals surface area contributed by atoms with Gasteiger partial charge in [0.25, 0.3) is 5.91 Å². The lowest BCUT2D eigenvalue weighted by Gasteiger charge is -2.28. The van der Waals surface area contributed by atoms with Crippen molar-refractivity contribution in [1.29, 1.82) is 0 Å². The lowest BCUT2D eigenvalue weighted by atomic mass is 10.1. The number of hydrogen-bond donors (Lipinski definition) is 3. The molecule has 1 aliphatic heterocycles. The number of aromatic hydroxyl groups is 1. The highest BCUT2D eigenvalue weighted by Crippen LogP contribution is 2.35. The van der Waals surface area contributed by atoms with Crippen molar-refractivity contribution in [3.8, 4) is 5.75 Å². The Morgan fingerprint density at radius 3 is 2.73 bits per heavy atom. The van der Waals surface area contributed by atoms with Gasteiger partial charge >= 0.3 is 5.97 Å². The zero-order valence-electron chi connectivity index (χ0n) is 17.2. The molecular weight excluding hydrogens is 455 g/mol. The molecule has 3 heterocycles. The molecule has 1 amide bonds. The van der Waals surface area contributed by atoms with E-state index < -0.39 is 39.2 Å². The van der Waals surface area contributed by atoms with Gasteiger partial charge < -0.3 is 15.5 Å². The van der Waals surface area contributed by atoms with Crippen molar-refractivity contribution in [2.75, 3.05) is 16.6 Å². The molecule has 4 rings (SSSR count). The number of carboxylic acid groups (broad SMARTS) is 1. The van der Waals surface area contributed by atoms with E-state index in [1.807, 2.05) is 0 Å². The maximum Gasteiger partial charge on any atom is 0.336 e. The molecule has 0 bridgehead atoms. The lowest BCUT2D eigenvalue weighted by molar-refractivity contribution is 0.0693. The predicted molar refractivity (Wildman–Crippen MR) is 116 cm³/mol. The number of rotatable bonds is 5. The van der Waals surface area contributed by atoms with Crippen LogP contribution in [-0.2, 0) is 16.6 Å². The quantitative estimate of drug-likeness (QED) is 0.508. The third kappa shape index (κ3) is 4.29. The molecule has 1 fully saturated rings. The Balaban J connectivity index is 1.73. The molecule has 0 aliphatic carbocycles. The Kier molecular flexibility index (Phi) is 5.85. The van der Waals surface area contributed by atoms with Crippen molar-refractivity contribution in [1.82, 2.24) is 15.3 Å². The summed E-state index contributed by atoms with van der Waals surface area (Å²) in [7, 11) is -3.67. The molecule has 172 valence electrons. The van der Waals surface area contributed by atoms with Crippen molar-refractivity contribution in [3.63, 3.8) is 0 Å². The van der Waals surface area contributed by atoms with Crippen molar-refractivity contribution in [2.45, 2.75) is 19.4 Å². The average Bonchev–Trinajstić information content (AvgIpc) is 2.78. The number of carboxylic acids is 1. The van der Waals surface area contributed by atoms with E-state index in [0.29, 0.717) is 12.8 Å². The number of carbonyl (C=O) groups is 2. The smallest absolute Gasteiger partial charge is 0.336 e. The van der Waals surface area contributed by atoms with Gasteiger partial charge in [-0.25, -0.2) is 22.6 Å². The normalized spacial score (nSPS) is 15.4. The highest BCUT2D eigenvalue weighted by atomic mass is 32.2. The van der Waals surface area contributed by atoms with E-state index in [9.17, 15) is 32.6 Å². The first-order valence-electron chi connectivity index (χ1n) is 9.97. The molecule has 12 heteroatoms. The van der Waals surface area contributed by atoms with E-state index >= 15 is 0 Å². The van der Waals surface area contributed by atoms with Gasteiger partial charge in [-0.2, -0.15) is 0 Å². The minimum atomic E-state index is -3.67. The first-order valence-corrected chi connectivity index (χ1v) is 11.6. The van der Waals surface area contributed by atoms with Crippen LogP contribution in [0.15, 0.2) is 36.5 Å². The Morgan fingerprint density at radius 2 is 2.00 bits per heavy atom. The molecule has 0 unspecified atom stereocenters. The Morgan fingerprint density at radius 1 is 1.21 bits per heavy atom. The number of aromatic nitrogens is 2. The van der Waals surface area contributed by atoms with Crippen molar-refractivity contribution in [2.24, 2.45) is 0 Å². The highest BCUT2D eigenvalue weighted by Gasteiger charge is 2.31. The molecule has 0 spiro atoms. The number of pyridine rings is 2. The van der Waals surface area contributed by atoms with Gasteiger partial charge in [-0.05, 0) is 42.7 Å². The molecule has 1 saturated heterocycles. The van der Waals surface area contributed by atoms with E-state index in [2.05, 4.69) is 15.3 Å². The SMILES string of the molecule is O=C(O)c1cc(F)ccc1CNC(=O)c1nc(N2CCCCS2(=O)=O)c2cccnc2c1O. The van der Waals surface area contributed by atoms with Gasteiger partial charge in [0, 0.05) is 24.7 Å². The fourth-order valence-electron chi connectivity index (χ4n) is 3.64. The van der Waals surface area contributed by atoms with E-state index in [0.717, 1.165) is 16.4 Å². The fraction of sp³-hybridized carbons (Fsp3) is 0.238. The number of nitrogens with one attached hydrogen (secondary N) is 1. The van der Waals surface area contributed by atoms with Gasteiger partial charge in [-0.1, -0.05) is 6.07 Å². The molecule has 33 heavy (non-hydrogen) atoms. The second-order valence-electron chi connectivity index (χ2n) is 7.42. The summed E-state index contributed by atoms with van der Waals surface area (Å²) in [6, 6.07) is 6.22. The number of hydrogen-bond acceptors (Lipinski definition) is 7. The van der Waals surface area contributed by atoms with Gasteiger partial charge in [0.15, 0.2) is 17.3 Å². The summed E-state index contributed by atoms with van der Waals surface area (Å²) in [5.41, 5.74) is -0.653. The molecule has 0 saturated carbocycles. The molecule has 1 aromatic carbocycles. The lowest BCUT2D eigenvalue weighted by Crippen LogP contribution is -2.39. The zero-order valence-corrected chi connectivity index (χ0v) is 18.0. The van der Waals surface area contributed by atoms with Gasteiger partial charge in [0.2, 0.25) is 10.0 Å². The van der Waals surface area contributed by atoms with Gasteiger partial charge in [-0.15, -0.1) is 0 Å². The molecule has 2 aromatic heterocycles. The Hall–Kier alpha value is -3.80. The zero-order chi connectivity index (χ0) is 23.8. The monoisotopic (exact) mass is 474 g/mol. The van der Waals surface area contributed by atoms with Crippen LogP contribution in [0, 0.1) is 5.82 Å². The number of amides is 1. The largest absolute Gasteiger partial charge is 0.504 e. The number of anilines is 1. The highest BCUT2D eigenvalue weighted by molar-refractivity contribution is 7.92. The number of aromatic carboxylic acids is 1. The van der Waals surface area contributed by atoms with E-state index in [1.54, 1.807) is 12.1 Å². The minimum absolute atomic E-state index is 0.00132. The second-order valence-corrected chi connectivity index (χ2v) is 9.43. The fourth-order valence-corrected chi connectivity index (χ4v) is 5.24. The summed E-state index contributed by atoms with van der Waals surface area (Å²) in [4.78, 5) is 32.5. The molecule has 3 N–H and O–H groups in total. The van der Waals surface area contributed by atoms with Crippen molar-refractivity contribution >= 4 is 38.6 Å². The van der Waals surface area contributed by atoms with Crippen LogP contribution in [0.25, 0.3) is 10.9 Å². The Labute approximate surface area is 187 Å². The first kappa shape index (κ1) is 22.4. The number of benzene rings is 1. The third-order valence-corrected chi connectivity index (χ3v) is 7.09. The first-order chi connectivity index (χ1) is 15.7. The summed E-state index contributed by atoms with van der Waals surface area (Å²) in [6.07, 6.45) is 2.49. The predicted octanol–water partition coefficient (Wildman–Crippen LogP) is 2.03. The maximum atomic E-state index is 13.4. The molecule has 0 radical (unpaired) electrons. The van der Waals surface area contributed by atoms with Crippen LogP contribution in [0.4, 0.5) is 10.2 Å². The summed E-state index contributed by atoms with van der Waals surface area (Å²) >= 11 is 0. The van der Waals surface area contributed by atoms with Gasteiger partial charge in [-0.3, -0.25) is 14.1 Å². The van der Waals surface area contributed by atoms with Crippen LogP contribution in [0.1, 0.15) is 39.3 Å². The summed E-state index contributed by atoms with van der Waals surface area (Å²) in [5.74, 6) is -3.62. The molecule has 0 atom stereocenters. The van der Waals surface area contributed by atoms with Gasteiger partial charge in [0.05, 0.1) is 11.3 Å². The topological polar surface area (TPSA) is 150 Å². The molecule has 1 aliphatic rings. The second kappa shape index (κ2) is 8.62. The summed E-state index contributed by atoms with van der Waals surface area (Å²) < 4.78 is 39.8. The number of fused-ring (bicyclic) bond motifs is 1. The maximum absolute atomic E-state index is 13.4. The molecular formula is C21H19FN4O6S. The molecule has 10 nitrogen and oxygen atoms in total. The van der Waals surface area contributed by atoms with E-state index in [1.165, 1.54) is 12.3 Å². The third-order valence-electron chi connectivity index (χ3n) is 5.26. The summed E-state index contributed by atoms with van der Waals surface area (Å²) in [6.45, 7) is -0.123. The van der Waals surface area contributed by atoms with Crippen LogP contribution in [0.5, 0.6) is 5.75 Å².